The number of phosphoric ester groups is 1. The number of carbonyl (C=O) groups is 1. The number of nitrogens with zero attached hydrogens (tertiary/aromatic N) is 3. The number of aromatic nitrogens is 2. The first-order valence-corrected chi connectivity index (χ1v) is 14.2. The van der Waals surface area contributed by atoms with Crippen LogP contribution >= 0.6 is 7.82 Å². The molecular weight excluding hydrogens is 566 g/mol. The molecule has 2 saturated heterocycles. The number of imidazole rings is 1. The summed E-state index contributed by atoms with van der Waals surface area (Å²) < 4.78 is 71.9. The van der Waals surface area contributed by atoms with Crippen LogP contribution in [0.15, 0.2) is 48.6 Å². The molecule has 3 heterocycles. The van der Waals surface area contributed by atoms with Gasteiger partial charge in [0.15, 0.2) is 34.6 Å². The van der Waals surface area contributed by atoms with Crippen molar-refractivity contribution in [3.05, 3.63) is 82.9 Å². The quantitative estimate of drug-likeness (QED) is 0.184. The first-order valence-electron chi connectivity index (χ1n) is 12.7. The molecule has 2 N–H and O–H groups in total. The van der Waals surface area contributed by atoms with Gasteiger partial charge in [0.05, 0.1) is 19.2 Å². The molecule has 2 aliphatic rings. The number of methoxy groups -OCH3 is 1. The summed E-state index contributed by atoms with van der Waals surface area (Å²) in [5.41, 5.74) is 2.03. The topological polar surface area (TPSA) is 114 Å². The molecule has 0 aliphatic carbocycles. The minimum absolute atomic E-state index is 0.0442. The molecule has 3 atom stereocenters. The third-order valence-electron chi connectivity index (χ3n) is 7.31. The molecule has 1 aromatic heterocycles. The molecule has 0 bridgehead atoms. The van der Waals surface area contributed by atoms with Crippen LogP contribution in [0.25, 0.3) is 11.8 Å². The first-order chi connectivity index (χ1) is 19.4. The molecular formula is C27H28F3N3O7P+. The summed E-state index contributed by atoms with van der Waals surface area (Å²) in [6.07, 6.45) is 5.48. The fraction of sp³-hybridized carbons (Fsp3) is 0.333. The van der Waals surface area contributed by atoms with Crippen LogP contribution in [0.3, 0.4) is 0 Å². The normalized spacial score (nSPS) is 21.8. The Morgan fingerprint density at radius 3 is 2.54 bits per heavy atom. The zero-order chi connectivity index (χ0) is 29.6. The van der Waals surface area contributed by atoms with E-state index in [-0.39, 0.29) is 24.1 Å². The van der Waals surface area contributed by atoms with Crippen LogP contribution in [-0.4, -0.2) is 44.4 Å². The number of phosphoric acid groups is 1. The van der Waals surface area contributed by atoms with Crippen molar-refractivity contribution in [3.8, 4) is 11.4 Å². The highest BCUT2D eigenvalue weighted by atomic mass is 31.2. The standard InChI is InChI=1S/C27H27F3N3O7P/c1-15-12-31(13-32(15)14-39-41(35,36)37)23-5-4-17(8-24(23)38-3)9-25-27(34)33-21(16(2)40-25)6-7-22(33)18-10-19(28)26(30)20(29)11-18/h4-5,8-13,16,21-22H,6-7,14H2,1-3H3,(H-,35,36,37)/p+1/t16-,21+,22-/m0/s1. The van der Waals surface area contributed by atoms with Gasteiger partial charge in [0.25, 0.3) is 12.2 Å². The number of fused-ring (bicyclic) bond motifs is 1. The average Bonchev–Trinajstić information content (AvgIpc) is 3.52. The third-order valence-corrected chi connectivity index (χ3v) is 7.76. The van der Waals surface area contributed by atoms with E-state index in [4.69, 9.17) is 19.3 Å². The number of ether oxygens (including phenoxy) is 2. The molecule has 0 spiro atoms. The number of hydrogen-bond donors (Lipinski definition) is 2. The molecule has 5 rings (SSSR count). The fourth-order valence-electron chi connectivity index (χ4n) is 5.34. The Kier molecular flexibility index (Phi) is 7.73. The van der Waals surface area contributed by atoms with E-state index in [2.05, 4.69) is 4.52 Å². The van der Waals surface area contributed by atoms with Crippen molar-refractivity contribution >= 4 is 19.8 Å². The third kappa shape index (κ3) is 5.76. The largest absolute Gasteiger partial charge is 0.492 e. The monoisotopic (exact) mass is 594 g/mol. The smallest absolute Gasteiger partial charge is 0.472 e. The second-order valence-corrected chi connectivity index (χ2v) is 11.2. The highest BCUT2D eigenvalue weighted by Crippen LogP contribution is 2.43. The number of carbonyl (C=O) groups excluding carboxylic acids is 1. The van der Waals surface area contributed by atoms with Gasteiger partial charge in [-0.3, -0.25) is 4.79 Å². The lowest BCUT2D eigenvalue weighted by molar-refractivity contribution is -0.596. The van der Waals surface area contributed by atoms with Crippen molar-refractivity contribution in [2.75, 3.05) is 7.11 Å². The van der Waals surface area contributed by atoms with Gasteiger partial charge in [-0.05, 0) is 61.2 Å². The van der Waals surface area contributed by atoms with E-state index in [1.807, 2.05) is 6.92 Å². The Balaban J connectivity index is 1.43. The molecule has 2 fully saturated rings. The molecule has 0 saturated carbocycles. The molecule has 1 amide bonds. The van der Waals surface area contributed by atoms with Crippen LogP contribution in [0.5, 0.6) is 5.75 Å². The molecule has 0 radical (unpaired) electrons. The maximum Gasteiger partial charge on any atom is 0.472 e. The summed E-state index contributed by atoms with van der Waals surface area (Å²) >= 11 is 0. The summed E-state index contributed by atoms with van der Waals surface area (Å²) in [5.74, 6) is -4.14. The van der Waals surface area contributed by atoms with Crippen LogP contribution in [0, 0.1) is 24.4 Å². The van der Waals surface area contributed by atoms with Gasteiger partial charge in [-0.1, -0.05) is 6.07 Å². The van der Waals surface area contributed by atoms with E-state index in [0.717, 1.165) is 12.1 Å². The highest BCUT2D eigenvalue weighted by Gasteiger charge is 2.46. The van der Waals surface area contributed by atoms with Gasteiger partial charge in [0.1, 0.15) is 18.0 Å². The van der Waals surface area contributed by atoms with Crippen molar-refractivity contribution in [2.24, 2.45) is 0 Å². The highest BCUT2D eigenvalue weighted by molar-refractivity contribution is 7.46. The number of rotatable bonds is 7. The maximum atomic E-state index is 14.0. The van der Waals surface area contributed by atoms with Crippen molar-refractivity contribution in [1.82, 2.24) is 9.47 Å². The minimum atomic E-state index is -4.65. The Hall–Kier alpha value is -3.64. The fourth-order valence-corrected chi connectivity index (χ4v) is 5.62. The lowest BCUT2D eigenvalue weighted by Gasteiger charge is -2.39. The Morgan fingerprint density at radius 1 is 1.17 bits per heavy atom. The second kappa shape index (κ2) is 11.0. The van der Waals surface area contributed by atoms with E-state index in [1.54, 1.807) is 53.2 Å². The van der Waals surface area contributed by atoms with Crippen molar-refractivity contribution in [1.29, 1.82) is 0 Å². The number of amides is 1. The van der Waals surface area contributed by atoms with E-state index >= 15 is 0 Å². The van der Waals surface area contributed by atoms with Crippen LogP contribution in [-0.2, 0) is 25.4 Å². The number of aryl methyl sites for hydroxylation is 1. The molecule has 3 aromatic rings. The van der Waals surface area contributed by atoms with Crippen LogP contribution in [0.4, 0.5) is 13.2 Å². The first kappa shape index (κ1) is 28.9. The van der Waals surface area contributed by atoms with Gasteiger partial charge in [-0.25, -0.2) is 26.8 Å². The zero-order valence-electron chi connectivity index (χ0n) is 22.3. The van der Waals surface area contributed by atoms with Gasteiger partial charge in [-0.15, -0.1) is 0 Å². The Labute approximate surface area is 233 Å². The number of hydrogen-bond acceptors (Lipinski definition) is 5. The van der Waals surface area contributed by atoms with E-state index in [9.17, 15) is 22.5 Å². The average molecular weight is 595 g/mol. The zero-order valence-corrected chi connectivity index (χ0v) is 23.2. The van der Waals surface area contributed by atoms with Crippen LogP contribution in [0.2, 0.25) is 0 Å². The number of halogens is 3. The predicted molar refractivity (Wildman–Crippen MR) is 138 cm³/mol. The molecule has 2 aromatic carbocycles. The molecule has 2 aliphatic heterocycles. The van der Waals surface area contributed by atoms with E-state index < -0.39 is 43.3 Å². The second-order valence-electron chi connectivity index (χ2n) is 9.95. The summed E-state index contributed by atoms with van der Waals surface area (Å²) in [4.78, 5) is 33.1. The van der Waals surface area contributed by atoms with E-state index in [1.165, 1.54) is 11.7 Å². The van der Waals surface area contributed by atoms with Crippen molar-refractivity contribution < 1.29 is 50.9 Å². The van der Waals surface area contributed by atoms with Gasteiger partial charge in [-0.2, -0.15) is 4.57 Å². The summed E-state index contributed by atoms with van der Waals surface area (Å²) in [6.45, 7) is 3.20. The van der Waals surface area contributed by atoms with Crippen molar-refractivity contribution in [2.45, 2.75) is 51.6 Å². The SMILES string of the molecule is COc1cc(C=C2O[C@@H](C)[C@H]3CC[C@@H](c4cc(F)c(F)c(F)c4)N3C2=O)ccc1-[n+]1cc(C)n(COP(=O)(O)O)c1. The Morgan fingerprint density at radius 2 is 1.88 bits per heavy atom. The van der Waals surface area contributed by atoms with Gasteiger partial charge in [0.2, 0.25) is 6.73 Å². The van der Waals surface area contributed by atoms with Gasteiger partial charge in [0, 0.05) is 6.92 Å². The van der Waals surface area contributed by atoms with Gasteiger partial charge >= 0.3 is 7.82 Å². The summed E-state index contributed by atoms with van der Waals surface area (Å²) in [7, 11) is -3.18. The summed E-state index contributed by atoms with van der Waals surface area (Å²) in [5, 5.41) is 0. The van der Waals surface area contributed by atoms with Gasteiger partial charge < -0.3 is 24.2 Å². The minimum Gasteiger partial charge on any atom is -0.492 e. The maximum absolute atomic E-state index is 14.0. The molecule has 41 heavy (non-hydrogen) atoms. The number of morpholine rings is 1. The molecule has 10 nitrogen and oxygen atoms in total. The van der Waals surface area contributed by atoms with E-state index in [0.29, 0.717) is 35.5 Å². The lowest BCUT2D eigenvalue weighted by atomic mass is 10.0. The Bertz CT molecular complexity index is 1570. The van der Waals surface area contributed by atoms with Crippen molar-refractivity contribution in [3.63, 3.8) is 0 Å². The van der Waals surface area contributed by atoms with Crippen LogP contribution < -0.4 is 9.30 Å². The predicted octanol–water partition coefficient (Wildman–Crippen LogP) is 4.06. The molecule has 0 unspecified atom stereocenters. The number of benzene rings is 2. The van der Waals surface area contributed by atoms with Crippen LogP contribution in [0.1, 0.15) is 42.6 Å². The summed E-state index contributed by atoms with van der Waals surface area (Å²) in [6, 6.07) is 6.07. The molecule has 218 valence electrons. The lowest BCUT2D eigenvalue weighted by Crippen LogP contribution is -2.49. The molecule has 14 heteroatoms.